The Morgan fingerprint density at radius 3 is 3.00 bits per heavy atom. The molecule has 0 radical (unpaired) electrons. The van der Waals surface area contributed by atoms with Crippen molar-refractivity contribution in [2.75, 3.05) is 0 Å². The van der Waals surface area contributed by atoms with Crippen LogP contribution in [0.2, 0.25) is 0 Å². The van der Waals surface area contributed by atoms with E-state index < -0.39 is 5.97 Å². The van der Waals surface area contributed by atoms with Gasteiger partial charge in [0.1, 0.15) is 5.76 Å². The molecule has 1 aromatic rings. The molecular formula is C14H10O4. The van der Waals surface area contributed by atoms with Crippen LogP contribution in [0.5, 0.6) is 11.5 Å². The SMILES string of the molecule is O=C(O)c1ccc2c(c1)OC1=CC=CCC1=CO2. The van der Waals surface area contributed by atoms with E-state index in [4.69, 9.17) is 14.6 Å². The van der Waals surface area contributed by atoms with Crippen molar-refractivity contribution in [1.29, 1.82) is 0 Å². The van der Waals surface area contributed by atoms with Crippen LogP contribution in [0.25, 0.3) is 0 Å². The Labute approximate surface area is 103 Å². The summed E-state index contributed by atoms with van der Waals surface area (Å²) in [6.45, 7) is 0. The van der Waals surface area contributed by atoms with E-state index in [1.54, 1.807) is 12.3 Å². The number of aromatic carboxylic acids is 1. The summed E-state index contributed by atoms with van der Waals surface area (Å²) in [5, 5.41) is 8.95. The van der Waals surface area contributed by atoms with E-state index in [0.717, 1.165) is 12.0 Å². The standard InChI is InChI=1S/C14H10O4/c15-14(16)9-5-6-12-13(7-9)18-11-4-2-1-3-10(11)8-17-12/h1-2,4-8H,3H2,(H,15,16). The molecular weight excluding hydrogens is 232 g/mol. The van der Waals surface area contributed by atoms with Crippen LogP contribution in [-0.2, 0) is 0 Å². The third-order valence-corrected chi connectivity index (χ3v) is 2.78. The Morgan fingerprint density at radius 2 is 2.17 bits per heavy atom. The van der Waals surface area contributed by atoms with Gasteiger partial charge in [0.05, 0.1) is 11.8 Å². The zero-order chi connectivity index (χ0) is 12.5. The highest BCUT2D eigenvalue weighted by Gasteiger charge is 2.18. The summed E-state index contributed by atoms with van der Waals surface area (Å²) in [4.78, 5) is 10.9. The highest BCUT2D eigenvalue weighted by Crippen LogP contribution is 2.36. The summed E-state index contributed by atoms with van der Waals surface area (Å²) in [5.74, 6) is 0.639. The van der Waals surface area contributed by atoms with E-state index in [1.165, 1.54) is 12.1 Å². The molecule has 0 fully saturated rings. The van der Waals surface area contributed by atoms with Gasteiger partial charge >= 0.3 is 5.97 Å². The average Bonchev–Trinajstić information content (AvgIpc) is 2.56. The third kappa shape index (κ3) is 1.78. The fourth-order valence-electron chi connectivity index (χ4n) is 1.84. The Kier molecular flexibility index (Phi) is 2.41. The molecule has 18 heavy (non-hydrogen) atoms. The fourth-order valence-corrected chi connectivity index (χ4v) is 1.84. The summed E-state index contributed by atoms with van der Waals surface area (Å²) < 4.78 is 11.2. The smallest absolute Gasteiger partial charge is 0.335 e. The maximum atomic E-state index is 10.9. The van der Waals surface area contributed by atoms with E-state index in [0.29, 0.717) is 17.3 Å². The van der Waals surface area contributed by atoms with Gasteiger partial charge in [0, 0.05) is 5.57 Å². The minimum absolute atomic E-state index is 0.174. The topological polar surface area (TPSA) is 55.8 Å². The number of ether oxygens (including phenoxy) is 2. The summed E-state index contributed by atoms with van der Waals surface area (Å²) in [6, 6.07) is 4.55. The predicted octanol–water partition coefficient (Wildman–Crippen LogP) is 2.88. The number of carboxylic acids is 1. The molecule has 1 N–H and O–H groups in total. The van der Waals surface area contributed by atoms with Gasteiger partial charge in [-0.05, 0) is 30.7 Å². The van der Waals surface area contributed by atoms with Crippen LogP contribution in [0, 0.1) is 0 Å². The largest absolute Gasteiger partial charge is 0.478 e. The highest BCUT2D eigenvalue weighted by molar-refractivity contribution is 5.88. The third-order valence-electron chi connectivity index (χ3n) is 2.78. The maximum absolute atomic E-state index is 10.9. The molecule has 1 heterocycles. The zero-order valence-corrected chi connectivity index (χ0v) is 9.42. The van der Waals surface area contributed by atoms with Gasteiger partial charge in [-0.1, -0.05) is 12.2 Å². The first-order chi connectivity index (χ1) is 8.74. The number of carbonyl (C=O) groups is 1. The minimum Gasteiger partial charge on any atom is -0.478 e. The van der Waals surface area contributed by atoms with Crippen molar-refractivity contribution >= 4 is 5.97 Å². The van der Waals surface area contributed by atoms with E-state index in [-0.39, 0.29) is 5.56 Å². The lowest BCUT2D eigenvalue weighted by atomic mass is 10.1. The van der Waals surface area contributed by atoms with Gasteiger partial charge in [-0.3, -0.25) is 0 Å². The molecule has 90 valence electrons. The van der Waals surface area contributed by atoms with Crippen molar-refractivity contribution in [3.63, 3.8) is 0 Å². The molecule has 0 amide bonds. The number of hydrogen-bond donors (Lipinski definition) is 1. The molecule has 0 spiro atoms. The molecule has 0 saturated carbocycles. The molecule has 0 unspecified atom stereocenters. The highest BCUT2D eigenvalue weighted by atomic mass is 16.5. The second-order valence-corrected chi connectivity index (χ2v) is 3.99. The normalized spacial score (nSPS) is 16.2. The fraction of sp³-hybridized carbons (Fsp3) is 0.0714. The lowest BCUT2D eigenvalue weighted by molar-refractivity contribution is 0.0696. The molecule has 0 aromatic heterocycles. The van der Waals surface area contributed by atoms with Crippen LogP contribution in [0.15, 0.2) is 54.0 Å². The van der Waals surface area contributed by atoms with Gasteiger partial charge in [-0.15, -0.1) is 0 Å². The summed E-state index contributed by atoms with van der Waals surface area (Å²) in [7, 11) is 0. The minimum atomic E-state index is -0.989. The molecule has 4 heteroatoms. The second-order valence-electron chi connectivity index (χ2n) is 3.99. The van der Waals surface area contributed by atoms with Gasteiger partial charge in [0.15, 0.2) is 11.5 Å². The molecule has 0 atom stereocenters. The predicted molar refractivity (Wildman–Crippen MR) is 64.6 cm³/mol. The monoisotopic (exact) mass is 242 g/mol. The Morgan fingerprint density at radius 1 is 1.28 bits per heavy atom. The van der Waals surface area contributed by atoms with Crippen LogP contribution >= 0.6 is 0 Å². The first-order valence-corrected chi connectivity index (χ1v) is 5.52. The first-order valence-electron chi connectivity index (χ1n) is 5.52. The zero-order valence-electron chi connectivity index (χ0n) is 9.42. The van der Waals surface area contributed by atoms with Gasteiger partial charge in [0.25, 0.3) is 0 Å². The van der Waals surface area contributed by atoms with Crippen LogP contribution < -0.4 is 9.47 Å². The summed E-state index contributed by atoms with van der Waals surface area (Å²) >= 11 is 0. The van der Waals surface area contributed by atoms with Crippen LogP contribution in [0.1, 0.15) is 16.8 Å². The van der Waals surface area contributed by atoms with Crippen molar-refractivity contribution in [2.24, 2.45) is 0 Å². The molecule has 1 aliphatic heterocycles. The molecule has 0 bridgehead atoms. The Bertz CT molecular complexity index is 608. The molecule has 1 aromatic carbocycles. The number of allylic oxidation sites excluding steroid dienone is 4. The molecule has 2 aliphatic rings. The maximum Gasteiger partial charge on any atom is 0.335 e. The number of fused-ring (bicyclic) bond motifs is 2. The van der Waals surface area contributed by atoms with Crippen molar-refractivity contribution in [1.82, 2.24) is 0 Å². The van der Waals surface area contributed by atoms with Gasteiger partial charge in [0.2, 0.25) is 0 Å². The lowest BCUT2D eigenvalue weighted by Crippen LogP contribution is -2.01. The molecule has 4 nitrogen and oxygen atoms in total. The lowest BCUT2D eigenvalue weighted by Gasteiger charge is -2.11. The summed E-state index contributed by atoms with van der Waals surface area (Å²) in [6.07, 6.45) is 8.12. The van der Waals surface area contributed by atoms with E-state index in [2.05, 4.69) is 0 Å². The second kappa shape index (κ2) is 4.07. The van der Waals surface area contributed by atoms with Crippen molar-refractivity contribution < 1.29 is 19.4 Å². The van der Waals surface area contributed by atoms with Crippen molar-refractivity contribution in [3.05, 3.63) is 59.6 Å². The van der Waals surface area contributed by atoms with Gasteiger partial charge in [-0.25, -0.2) is 4.79 Å². The molecule has 3 rings (SSSR count). The Balaban J connectivity index is 2.04. The van der Waals surface area contributed by atoms with Crippen LogP contribution in [0.4, 0.5) is 0 Å². The number of carboxylic acid groups (broad SMARTS) is 1. The van der Waals surface area contributed by atoms with E-state index in [1.807, 2.05) is 18.2 Å². The number of benzene rings is 1. The summed E-state index contributed by atoms with van der Waals surface area (Å²) in [5.41, 5.74) is 1.11. The van der Waals surface area contributed by atoms with Crippen molar-refractivity contribution in [3.8, 4) is 11.5 Å². The molecule has 0 saturated heterocycles. The Hall–Kier alpha value is -2.49. The number of hydrogen-bond acceptors (Lipinski definition) is 3. The first kappa shape index (κ1) is 10.7. The van der Waals surface area contributed by atoms with Crippen LogP contribution in [-0.4, -0.2) is 11.1 Å². The quantitative estimate of drug-likeness (QED) is 0.822. The van der Waals surface area contributed by atoms with Crippen LogP contribution in [0.3, 0.4) is 0 Å². The number of rotatable bonds is 1. The van der Waals surface area contributed by atoms with Gasteiger partial charge in [-0.2, -0.15) is 0 Å². The van der Waals surface area contributed by atoms with Gasteiger partial charge < -0.3 is 14.6 Å². The van der Waals surface area contributed by atoms with E-state index in [9.17, 15) is 4.79 Å². The average molecular weight is 242 g/mol. The molecule has 1 aliphatic carbocycles. The van der Waals surface area contributed by atoms with E-state index >= 15 is 0 Å². The van der Waals surface area contributed by atoms with Crippen molar-refractivity contribution in [2.45, 2.75) is 6.42 Å².